The van der Waals surface area contributed by atoms with E-state index in [9.17, 15) is 8.42 Å². The Morgan fingerprint density at radius 1 is 1.56 bits per heavy atom. The lowest BCUT2D eigenvalue weighted by Gasteiger charge is -2.04. The van der Waals surface area contributed by atoms with Crippen molar-refractivity contribution >= 4 is 10.0 Å². The normalized spacial score (nSPS) is 11.9. The van der Waals surface area contributed by atoms with Crippen LogP contribution in [0.4, 0.5) is 0 Å². The SMILES string of the molecule is Cc1cc(CNS(=O)(=O)c2[nH]ncc2CN)no1. The Morgan fingerprint density at radius 2 is 2.33 bits per heavy atom. The number of sulfonamides is 1. The van der Waals surface area contributed by atoms with E-state index in [4.69, 9.17) is 10.3 Å². The van der Waals surface area contributed by atoms with Crippen molar-refractivity contribution in [3.8, 4) is 0 Å². The number of nitrogens with one attached hydrogen (secondary N) is 2. The van der Waals surface area contributed by atoms with E-state index in [0.29, 0.717) is 17.0 Å². The zero-order valence-electron chi connectivity index (χ0n) is 9.67. The molecule has 0 aliphatic heterocycles. The summed E-state index contributed by atoms with van der Waals surface area (Å²) in [6.45, 7) is 1.87. The van der Waals surface area contributed by atoms with Crippen LogP contribution in [0.2, 0.25) is 0 Å². The highest BCUT2D eigenvalue weighted by atomic mass is 32.2. The largest absolute Gasteiger partial charge is 0.361 e. The first-order chi connectivity index (χ1) is 8.53. The standard InChI is InChI=1S/C9H13N5O3S/c1-6-2-8(14-17-6)5-12-18(15,16)9-7(3-10)4-11-13-9/h2,4,12H,3,5,10H2,1H3,(H,11,13). The van der Waals surface area contributed by atoms with Crippen LogP contribution in [-0.2, 0) is 23.1 Å². The van der Waals surface area contributed by atoms with Crippen LogP contribution in [0, 0.1) is 6.92 Å². The Balaban J connectivity index is 2.13. The van der Waals surface area contributed by atoms with Crippen LogP contribution >= 0.6 is 0 Å². The maximum absolute atomic E-state index is 12.0. The van der Waals surface area contributed by atoms with Crippen molar-refractivity contribution in [2.45, 2.75) is 25.0 Å². The quantitative estimate of drug-likeness (QED) is 0.681. The first kappa shape index (κ1) is 12.7. The molecule has 0 saturated heterocycles. The molecule has 0 aliphatic rings. The molecule has 0 amide bonds. The summed E-state index contributed by atoms with van der Waals surface area (Å²) in [4.78, 5) is 0. The first-order valence-corrected chi connectivity index (χ1v) is 6.65. The molecule has 0 aliphatic carbocycles. The van der Waals surface area contributed by atoms with Gasteiger partial charge in [0.2, 0.25) is 0 Å². The van der Waals surface area contributed by atoms with Gasteiger partial charge in [0.15, 0.2) is 5.03 Å². The minimum absolute atomic E-state index is 0.0229. The molecule has 2 heterocycles. The van der Waals surface area contributed by atoms with Gasteiger partial charge in [-0.2, -0.15) is 5.10 Å². The lowest BCUT2D eigenvalue weighted by molar-refractivity contribution is 0.390. The van der Waals surface area contributed by atoms with Crippen LogP contribution in [0.3, 0.4) is 0 Å². The molecule has 0 saturated carbocycles. The number of aromatic nitrogens is 3. The average molecular weight is 271 g/mol. The Hall–Kier alpha value is -1.71. The van der Waals surface area contributed by atoms with Crippen molar-refractivity contribution in [3.05, 3.63) is 29.3 Å². The molecule has 0 aromatic carbocycles. The molecule has 0 unspecified atom stereocenters. The highest BCUT2D eigenvalue weighted by Gasteiger charge is 2.20. The van der Waals surface area contributed by atoms with Crippen LogP contribution in [-0.4, -0.2) is 23.8 Å². The van der Waals surface area contributed by atoms with Crippen molar-refractivity contribution in [1.29, 1.82) is 0 Å². The molecule has 4 N–H and O–H groups in total. The van der Waals surface area contributed by atoms with Gasteiger partial charge in [0, 0.05) is 18.2 Å². The maximum atomic E-state index is 12.0. The predicted molar refractivity (Wildman–Crippen MR) is 61.7 cm³/mol. The monoisotopic (exact) mass is 271 g/mol. The summed E-state index contributed by atoms with van der Waals surface area (Å²) < 4.78 is 31.1. The first-order valence-electron chi connectivity index (χ1n) is 5.17. The minimum atomic E-state index is -3.68. The molecule has 2 aromatic rings. The van der Waals surface area contributed by atoms with Gasteiger partial charge in [-0.3, -0.25) is 5.10 Å². The fourth-order valence-electron chi connectivity index (χ4n) is 1.42. The van der Waals surface area contributed by atoms with E-state index < -0.39 is 10.0 Å². The molecule has 9 heteroatoms. The van der Waals surface area contributed by atoms with E-state index in [-0.39, 0.29) is 18.1 Å². The Kier molecular flexibility index (Phi) is 3.45. The number of nitrogens with two attached hydrogens (primary N) is 1. The van der Waals surface area contributed by atoms with Gasteiger partial charge in [0.25, 0.3) is 10.0 Å². The van der Waals surface area contributed by atoms with Gasteiger partial charge >= 0.3 is 0 Å². The minimum Gasteiger partial charge on any atom is -0.361 e. The summed E-state index contributed by atoms with van der Waals surface area (Å²) in [5, 5.41) is 9.74. The number of rotatable bonds is 5. The Labute approximate surface area is 104 Å². The van der Waals surface area contributed by atoms with Crippen molar-refractivity contribution in [3.63, 3.8) is 0 Å². The van der Waals surface area contributed by atoms with E-state index in [2.05, 4.69) is 20.1 Å². The lowest BCUT2D eigenvalue weighted by atomic mass is 10.4. The van der Waals surface area contributed by atoms with Gasteiger partial charge in [-0.1, -0.05) is 5.16 Å². The summed E-state index contributed by atoms with van der Waals surface area (Å²) >= 11 is 0. The second-order valence-electron chi connectivity index (χ2n) is 3.68. The van der Waals surface area contributed by atoms with Gasteiger partial charge in [0.1, 0.15) is 5.76 Å². The molecule has 0 fully saturated rings. The molecule has 2 rings (SSSR count). The fourth-order valence-corrected chi connectivity index (χ4v) is 2.56. The Bertz CT molecular complexity index is 630. The third-order valence-corrected chi connectivity index (χ3v) is 3.70. The van der Waals surface area contributed by atoms with Crippen molar-refractivity contribution in [1.82, 2.24) is 20.1 Å². The van der Waals surface area contributed by atoms with Gasteiger partial charge in [-0.15, -0.1) is 0 Å². The average Bonchev–Trinajstić information content (AvgIpc) is 2.95. The zero-order chi connectivity index (χ0) is 13.2. The third-order valence-electron chi connectivity index (χ3n) is 2.29. The lowest BCUT2D eigenvalue weighted by Crippen LogP contribution is -2.25. The van der Waals surface area contributed by atoms with Crippen LogP contribution in [0.5, 0.6) is 0 Å². The van der Waals surface area contributed by atoms with Crippen LogP contribution in [0.15, 0.2) is 21.8 Å². The molecule has 8 nitrogen and oxygen atoms in total. The molecule has 0 bridgehead atoms. The van der Waals surface area contributed by atoms with E-state index in [0.717, 1.165) is 0 Å². The predicted octanol–water partition coefficient (Wildman–Crippen LogP) is -0.357. The smallest absolute Gasteiger partial charge is 0.258 e. The molecule has 0 radical (unpaired) electrons. The third kappa shape index (κ3) is 2.58. The second-order valence-corrected chi connectivity index (χ2v) is 5.39. The number of nitrogens with zero attached hydrogens (tertiary/aromatic N) is 2. The summed E-state index contributed by atoms with van der Waals surface area (Å²) in [5.41, 5.74) is 6.36. The molecule has 2 aromatic heterocycles. The molecule has 0 spiro atoms. The van der Waals surface area contributed by atoms with Crippen LogP contribution < -0.4 is 10.5 Å². The topological polar surface area (TPSA) is 127 Å². The number of aryl methyl sites for hydroxylation is 1. The van der Waals surface area contributed by atoms with Crippen LogP contribution in [0.25, 0.3) is 0 Å². The van der Waals surface area contributed by atoms with Gasteiger partial charge in [0.05, 0.1) is 18.4 Å². The number of hydrogen-bond acceptors (Lipinski definition) is 6. The molecule has 0 atom stereocenters. The van der Waals surface area contributed by atoms with E-state index >= 15 is 0 Å². The number of aromatic amines is 1. The highest BCUT2D eigenvalue weighted by Crippen LogP contribution is 2.11. The van der Waals surface area contributed by atoms with E-state index in [1.165, 1.54) is 6.20 Å². The molecule has 18 heavy (non-hydrogen) atoms. The van der Waals surface area contributed by atoms with Crippen molar-refractivity contribution in [2.75, 3.05) is 0 Å². The van der Waals surface area contributed by atoms with Crippen LogP contribution in [0.1, 0.15) is 17.0 Å². The Morgan fingerprint density at radius 3 is 2.94 bits per heavy atom. The zero-order valence-corrected chi connectivity index (χ0v) is 10.5. The van der Waals surface area contributed by atoms with E-state index in [1.54, 1.807) is 13.0 Å². The van der Waals surface area contributed by atoms with Gasteiger partial charge in [-0.25, -0.2) is 13.1 Å². The van der Waals surface area contributed by atoms with Gasteiger partial charge in [-0.05, 0) is 6.92 Å². The molecular weight excluding hydrogens is 258 g/mol. The molecular formula is C9H13N5O3S. The van der Waals surface area contributed by atoms with Gasteiger partial charge < -0.3 is 10.3 Å². The van der Waals surface area contributed by atoms with Crippen molar-refractivity contribution in [2.24, 2.45) is 5.73 Å². The summed E-state index contributed by atoms with van der Waals surface area (Å²) in [6.07, 6.45) is 1.38. The van der Waals surface area contributed by atoms with E-state index in [1.807, 2.05) is 0 Å². The summed E-state index contributed by atoms with van der Waals surface area (Å²) in [6, 6.07) is 1.65. The second kappa shape index (κ2) is 4.88. The summed E-state index contributed by atoms with van der Waals surface area (Å²) in [7, 11) is -3.68. The number of H-pyrrole nitrogens is 1. The highest BCUT2D eigenvalue weighted by molar-refractivity contribution is 7.89. The molecule has 98 valence electrons. The maximum Gasteiger partial charge on any atom is 0.258 e. The van der Waals surface area contributed by atoms with Crippen molar-refractivity contribution < 1.29 is 12.9 Å². The fraction of sp³-hybridized carbons (Fsp3) is 0.333. The number of hydrogen-bond donors (Lipinski definition) is 3. The summed E-state index contributed by atoms with van der Waals surface area (Å²) in [5.74, 6) is 0.619.